The Hall–Kier alpha value is -2.09. The zero-order valence-corrected chi connectivity index (χ0v) is 17.5. The maximum Gasteiger partial charge on any atom is 0.310 e. The first-order chi connectivity index (χ1) is 13.8. The molecule has 0 saturated carbocycles. The number of benzene rings is 1. The molecule has 1 aromatic carbocycles. The quantitative estimate of drug-likeness (QED) is 0.743. The molecule has 1 amide bonds. The van der Waals surface area contributed by atoms with E-state index in [-0.39, 0.29) is 18.1 Å². The molecular weight excluding hydrogens is 417 g/mol. The number of carboxylic acids is 1. The average Bonchev–Trinajstić information content (AvgIpc) is 3.34. The van der Waals surface area contributed by atoms with Gasteiger partial charge in [0.05, 0.1) is 57.7 Å². The summed E-state index contributed by atoms with van der Waals surface area (Å²) in [6, 6.07) is 5.38. The highest BCUT2D eigenvalue weighted by molar-refractivity contribution is 6.42. The van der Waals surface area contributed by atoms with Gasteiger partial charge in [-0.2, -0.15) is 5.10 Å². The molecule has 0 aliphatic carbocycles. The van der Waals surface area contributed by atoms with E-state index < -0.39 is 17.8 Å². The van der Waals surface area contributed by atoms with Crippen LogP contribution in [0.5, 0.6) is 0 Å². The Kier molecular flexibility index (Phi) is 5.31. The molecule has 29 heavy (non-hydrogen) atoms. The molecule has 0 unspecified atom stereocenters. The minimum Gasteiger partial charge on any atom is -0.481 e. The Labute approximate surface area is 177 Å². The van der Waals surface area contributed by atoms with Gasteiger partial charge in [0.1, 0.15) is 0 Å². The number of hydrogen-bond acceptors (Lipinski definition) is 4. The molecule has 4 atom stereocenters. The predicted octanol–water partition coefficient (Wildman–Crippen LogP) is 3.67. The van der Waals surface area contributed by atoms with Crippen molar-refractivity contribution in [1.82, 2.24) is 9.78 Å². The lowest BCUT2D eigenvalue weighted by molar-refractivity contribution is -0.147. The van der Waals surface area contributed by atoms with Crippen LogP contribution in [0.15, 0.2) is 18.2 Å². The van der Waals surface area contributed by atoms with Gasteiger partial charge in [-0.25, -0.2) is 0 Å². The lowest BCUT2D eigenvalue weighted by Crippen LogP contribution is -2.41. The maximum absolute atomic E-state index is 13.0. The molecule has 3 heterocycles. The third-order valence-corrected chi connectivity index (χ3v) is 6.55. The van der Waals surface area contributed by atoms with Crippen LogP contribution in [0.1, 0.15) is 29.8 Å². The number of anilines is 1. The molecule has 2 aromatic rings. The molecule has 2 N–H and O–H groups in total. The van der Waals surface area contributed by atoms with Gasteiger partial charge >= 0.3 is 5.97 Å². The van der Waals surface area contributed by atoms with Crippen molar-refractivity contribution >= 4 is 40.8 Å². The van der Waals surface area contributed by atoms with Gasteiger partial charge in [0, 0.05) is 0 Å². The molecule has 9 heteroatoms. The second kappa shape index (κ2) is 7.63. The Morgan fingerprint density at radius 2 is 1.90 bits per heavy atom. The summed E-state index contributed by atoms with van der Waals surface area (Å²) in [4.78, 5) is 24.6. The summed E-state index contributed by atoms with van der Waals surface area (Å²) in [5, 5.41) is 17.9. The van der Waals surface area contributed by atoms with E-state index in [0.29, 0.717) is 40.8 Å². The van der Waals surface area contributed by atoms with Crippen molar-refractivity contribution in [3.05, 3.63) is 45.2 Å². The van der Waals surface area contributed by atoms with Crippen molar-refractivity contribution in [2.24, 2.45) is 11.8 Å². The maximum atomic E-state index is 13.0. The molecule has 4 rings (SSSR count). The Morgan fingerprint density at radius 3 is 2.55 bits per heavy atom. The minimum atomic E-state index is -0.985. The number of ether oxygens (including phenoxy) is 1. The third kappa shape index (κ3) is 3.63. The summed E-state index contributed by atoms with van der Waals surface area (Å²) in [6.45, 7) is 4.13. The molecule has 154 valence electrons. The van der Waals surface area contributed by atoms with Crippen molar-refractivity contribution in [3.8, 4) is 0 Å². The zero-order chi connectivity index (χ0) is 20.9. The number of carbonyl (C=O) groups is 2. The molecule has 2 saturated heterocycles. The highest BCUT2D eigenvalue weighted by Gasteiger charge is 2.55. The van der Waals surface area contributed by atoms with Crippen molar-refractivity contribution in [1.29, 1.82) is 0 Å². The third-order valence-electron chi connectivity index (χ3n) is 5.81. The first-order valence-electron chi connectivity index (χ1n) is 9.43. The first kappa shape index (κ1) is 20.2. The lowest BCUT2D eigenvalue weighted by Gasteiger charge is -2.23. The fourth-order valence-electron chi connectivity index (χ4n) is 4.37. The van der Waals surface area contributed by atoms with E-state index in [0.717, 1.165) is 11.3 Å². The number of aryl methyl sites for hydroxylation is 1. The number of halogens is 2. The second-order valence-corrected chi connectivity index (χ2v) is 8.44. The highest BCUT2D eigenvalue weighted by Crippen LogP contribution is 2.44. The summed E-state index contributed by atoms with van der Waals surface area (Å²) >= 11 is 12.1. The van der Waals surface area contributed by atoms with Gasteiger partial charge in [0.2, 0.25) is 5.91 Å². The molecule has 2 fully saturated rings. The largest absolute Gasteiger partial charge is 0.481 e. The number of aliphatic carboxylic acids is 1. The summed E-state index contributed by atoms with van der Waals surface area (Å²) in [7, 11) is 0. The molecule has 2 aliphatic heterocycles. The van der Waals surface area contributed by atoms with E-state index in [4.69, 9.17) is 27.9 Å². The van der Waals surface area contributed by atoms with Crippen LogP contribution < -0.4 is 5.32 Å². The van der Waals surface area contributed by atoms with Gasteiger partial charge in [-0.15, -0.1) is 0 Å². The van der Waals surface area contributed by atoms with Crippen LogP contribution in [0.3, 0.4) is 0 Å². The van der Waals surface area contributed by atoms with Crippen molar-refractivity contribution < 1.29 is 19.4 Å². The van der Waals surface area contributed by atoms with E-state index in [1.807, 2.05) is 13.0 Å². The number of nitrogens with one attached hydrogen (secondary N) is 1. The van der Waals surface area contributed by atoms with Crippen LogP contribution in [-0.2, 0) is 20.9 Å². The summed E-state index contributed by atoms with van der Waals surface area (Å²) in [5.41, 5.74) is 2.96. The van der Waals surface area contributed by atoms with Gasteiger partial charge in [0.15, 0.2) is 0 Å². The van der Waals surface area contributed by atoms with E-state index in [2.05, 4.69) is 10.4 Å². The normalized spacial score (nSPS) is 25.4. The molecule has 1 aromatic heterocycles. The van der Waals surface area contributed by atoms with E-state index >= 15 is 0 Å². The number of fused-ring (bicyclic) bond motifs is 2. The molecule has 2 aliphatic rings. The molecular formula is C20H21Cl2N3O4. The number of hydrogen-bond donors (Lipinski definition) is 2. The topological polar surface area (TPSA) is 93.5 Å². The van der Waals surface area contributed by atoms with Gasteiger partial charge in [-0.05, 0) is 44.4 Å². The smallest absolute Gasteiger partial charge is 0.310 e. The second-order valence-electron chi connectivity index (χ2n) is 7.62. The number of amides is 1. The Balaban J connectivity index is 1.54. The van der Waals surface area contributed by atoms with Crippen LogP contribution in [0, 0.1) is 25.7 Å². The van der Waals surface area contributed by atoms with Gasteiger partial charge in [0.25, 0.3) is 0 Å². The van der Waals surface area contributed by atoms with Crippen LogP contribution in [-0.4, -0.2) is 39.0 Å². The number of carbonyl (C=O) groups excluding carboxylic acids is 1. The zero-order valence-electron chi connectivity index (χ0n) is 16.0. The van der Waals surface area contributed by atoms with Gasteiger partial charge in [-0.1, -0.05) is 29.3 Å². The van der Waals surface area contributed by atoms with Crippen LogP contribution in [0.4, 0.5) is 5.69 Å². The van der Waals surface area contributed by atoms with Crippen molar-refractivity contribution in [2.45, 2.75) is 45.4 Å². The lowest BCUT2D eigenvalue weighted by atomic mass is 9.78. The van der Waals surface area contributed by atoms with Crippen molar-refractivity contribution in [3.63, 3.8) is 0 Å². The SMILES string of the molecule is Cc1nn(Cc2ccc(Cl)c(Cl)c2)c(C)c1NC(=O)[C@@H]1[C@@H](C(=O)O)[C@H]2CC[C@H]1O2. The predicted molar refractivity (Wildman–Crippen MR) is 108 cm³/mol. The van der Waals surface area contributed by atoms with Crippen LogP contribution in [0.25, 0.3) is 0 Å². The molecule has 7 nitrogen and oxygen atoms in total. The fourth-order valence-corrected chi connectivity index (χ4v) is 4.69. The van der Waals surface area contributed by atoms with E-state index in [9.17, 15) is 14.7 Å². The summed E-state index contributed by atoms with van der Waals surface area (Å²) in [6.07, 6.45) is 0.673. The Bertz CT molecular complexity index is 990. The highest BCUT2D eigenvalue weighted by atomic mass is 35.5. The number of nitrogens with zero attached hydrogens (tertiary/aromatic N) is 2. The van der Waals surface area contributed by atoms with E-state index in [1.165, 1.54) is 0 Å². The molecule has 2 bridgehead atoms. The van der Waals surface area contributed by atoms with Gasteiger partial charge < -0.3 is 15.2 Å². The monoisotopic (exact) mass is 437 g/mol. The first-order valence-corrected chi connectivity index (χ1v) is 10.2. The van der Waals surface area contributed by atoms with Crippen molar-refractivity contribution in [2.75, 3.05) is 5.32 Å². The summed E-state index contributed by atoms with van der Waals surface area (Å²) in [5.74, 6) is -2.81. The number of aromatic nitrogens is 2. The number of carboxylic acid groups (broad SMARTS) is 1. The summed E-state index contributed by atoms with van der Waals surface area (Å²) < 4.78 is 7.47. The number of rotatable bonds is 5. The van der Waals surface area contributed by atoms with Crippen LogP contribution in [0.2, 0.25) is 10.0 Å². The van der Waals surface area contributed by atoms with E-state index in [1.54, 1.807) is 23.7 Å². The Morgan fingerprint density at radius 1 is 1.21 bits per heavy atom. The molecule has 0 radical (unpaired) electrons. The fraction of sp³-hybridized carbons (Fsp3) is 0.450. The standard InChI is InChI=1S/C20H21Cl2N3O4/c1-9-18(10(2)25(24-9)8-11-3-4-12(21)13(22)7-11)23-19(26)16-14-5-6-15(29-14)17(16)20(27)28/h3-4,7,14-17H,5-6,8H2,1-2H3,(H,23,26)(H,27,28)/t14-,15-,16+,17+/m1/s1. The molecule has 0 spiro atoms. The minimum absolute atomic E-state index is 0.329. The van der Waals surface area contributed by atoms with Gasteiger partial charge in [-0.3, -0.25) is 14.3 Å². The average molecular weight is 438 g/mol. The van der Waals surface area contributed by atoms with Crippen LogP contribution >= 0.6 is 23.2 Å².